The number of fused-ring (bicyclic) bond motifs is 1. The van der Waals surface area contributed by atoms with E-state index in [1.54, 1.807) is 24.1 Å². The van der Waals surface area contributed by atoms with Gasteiger partial charge in [-0.15, -0.1) is 0 Å². The zero-order valence-corrected chi connectivity index (χ0v) is 17.3. The van der Waals surface area contributed by atoms with Crippen molar-refractivity contribution in [3.05, 3.63) is 64.6 Å². The van der Waals surface area contributed by atoms with Gasteiger partial charge in [0.2, 0.25) is 0 Å². The molecule has 1 aliphatic rings. The average molecular weight is 426 g/mol. The summed E-state index contributed by atoms with van der Waals surface area (Å²) in [5.74, 6) is 0.719. The van der Waals surface area contributed by atoms with E-state index in [0.29, 0.717) is 31.2 Å². The summed E-state index contributed by atoms with van der Waals surface area (Å²) in [7, 11) is 1.64. The number of carbonyl (C=O) groups excluding carboxylic acids is 2. The molecular weight excluding hydrogens is 404 g/mol. The molecule has 0 saturated heterocycles. The average Bonchev–Trinajstić information content (AvgIpc) is 3.43. The van der Waals surface area contributed by atoms with Crippen molar-refractivity contribution >= 4 is 28.4 Å². The molecule has 0 bridgehead atoms. The highest BCUT2D eigenvalue weighted by molar-refractivity contribution is 7.15. The summed E-state index contributed by atoms with van der Waals surface area (Å²) in [5.41, 5.74) is 2.06. The van der Waals surface area contributed by atoms with Crippen molar-refractivity contribution in [2.24, 2.45) is 0 Å². The van der Waals surface area contributed by atoms with Crippen molar-refractivity contribution in [1.29, 1.82) is 0 Å². The van der Waals surface area contributed by atoms with Gasteiger partial charge in [-0.2, -0.15) is 0 Å². The van der Waals surface area contributed by atoms with E-state index in [1.807, 2.05) is 24.3 Å². The van der Waals surface area contributed by atoms with Gasteiger partial charge >= 0.3 is 6.03 Å². The second-order valence-electron chi connectivity index (χ2n) is 6.82. The minimum Gasteiger partial charge on any atom is -0.497 e. The predicted octanol–water partition coefficient (Wildman–Crippen LogP) is 3.31. The Kier molecular flexibility index (Phi) is 5.99. The molecule has 9 heteroatoms. The maximum absolute atomic E-state index is 12.5. The lowest BCUT2D eigenvalue weighted by molar-refractivity contribution is 0.0996. The maximum atomic E-state index is 12.5. The summed E-state index contributed by atoms with van der Waals surface area (Å²) in [6, 6.07) is 11.0. The Balaban J connectivity index is 1.28. The van der Waals surface area contributed by atoms with E-state index >= 15 is 0 Å². The summed E-state index contributed by atoms with van der Waals surface area (Å²) in [6.07, 6.45) is 2.86. The molecule has 2 N–H and O–H groups in total. The molecule has 0 fully saturated rings. The van der Waals surface area contributed by atoms with Crippen molar-refractivity contribution < 1.29 is 18.7 Å². The van der Waals surface area contributed by atoms with Crippen LogP contribution in [0.3, 0.4) is 0 Å². The van der Waals surface area contributed by atoms with E-state index in [1.165, 1.54) is 17.6 Å². The molecule has 3 amide bonds. The summed E-state index contributed by atoms with van der Waals surface area (Å²) < 4.78 is 10.2. The lowest BCUT2D eigenvalue weighted by Gasteiger charge is -2.26. The number of thiazole rings is 1. The minimum absolute atomic E-state index is 0.0938. The first-order valence-electron chi connectivity index (χ1n) is 9.61. The number of anilines is 1. The van der Waals surface area contributed by atoms with Gasteiger partial charge in [0, 0.05) is 24.4 Å². The van der Waals surface area contributed by atoms with Gasteiger partial charge < -0.3 is 19.4 Å². The number of amides is 3. The second-order valence-corrected chi connectivity index (χ2v) is 7.91. The van der Waals surface area contributed by atoms with Crippen LogP contribution in [0.4, 0.5) is 9.93 Å². The molecule has 1 aliphatic heterocycles. The van der Waals surface area contributed by atoms with Crippen molar-refractivity contribution in [1.82, 2.24) is 15.2 Å². The van der Waals surface area contributed by atoms with Gasteiger partial charge in [0.05, 0.1) is 25.6 Å². The number of rotatable bonds is 6. The Morgan fingerprint density at radius 3 is 2.83 bits per heavy atom. The summed E-state index contributed by atoms with van der Waals surface area (Å²) in [4.78, 5) is 31.9. The molecular formula is C21H22N4O4S. The molecule has 0 spiro atoms. The first kappa shape index (κ1) is 20.0. The number of ether oxygens (including phenoxy) is 1. The van der Waals surface area contributed by atoms with E-state index in [4.69, 9.17) is 9.15 Å². The molecule has 0 radical (unpaired) electrons. The fourth-order valence-corrected chi connectivity index (χ4v) is 4.23. The van der Waals surface area contributed by atoms with Crippen LogP contribution in [0.25, 0.3) is 0 Å². The zero-order valence-electron chi connectivity index (χ0n) is 16.5. The molecule has 0 aliphatic carbocycles. The summed E-state index contributed by atoms with van der Waals surface area (Å²) >= 11 is 1.39. The number of benzene rings is 1. The highest BCUT2D eigenvalue weighted by atomic mass is 32.1. The van der Waals surface area contributed by atoms with Crippen molar-refractivity contribution in [3.63, 3.8) is 0 Å². The predicted molar refractivity (Wildman–Crippen MR) is 113 cm³/mol. The number of aromatic nitrogens is 1. The van der Waals surface area contributed by atoms with Gasteiger partial charge in [-0.1, -0.05) is 23.5 Å². The van der Waals surface area contributed by atoms with Gasteiger partial charge in [-0.05, 0) is 36.2 Å². The number of nitrogens with zero attached hydrogens (tertiary/aromatic N) is 2. The number of hydrogen-bond acceptors (Lipinski definition) is 6. The third kappa shape index (κ3) is 4.62. The molecule has 2 aromatic heterocycles. The van der Waals surface area contributed by atoms with Crippen molar-refractivity contribution in [2.45, 2.75) is 19.4 Å². The standard InChI is InChI=1S/C21H22N4O4S/c1-28-15-6-4-14(5-7-15)8-10-22-21(27)25-11-9-16-18(13-25)30-20(23-16)24-19(26)17-3-2-12-29-17/h2-7,12H,8-11,13H2,1H3,(H,22,27)(H,23,24,26). The highest BCUT2D eigenvalue weighted by Crippen LogP contribution is 2.28. The number of nitrogens with one attached hydrogen (secondary N) is 2. The largest absolute Gasteiger partial charge is 0.497 e. The van der Waals surface area contributed by atoms with Crippen LogP contribution < -0.4 is 15.4 Å². The quantitative estimate of drug-likeness (QED) is 0.630. The topological polar surface area (TPSA) is 96.7 Å². The van der Waals surface area contributed by atoms with Crippen LogP contribution >= 0.6 is 11.3 Å². The molecule has 156 valence electrons. The molecule has 3 aromatic rings. The van der Waals surface area contributed by atoms with E-state index in [-0.39, 0.29) is 17.7 Å². The molecule has 0 unspecified atom stereocenters. The number of furan rings is 1. The lowest BCUT2D eigenvalue weighted by atomic mass is 10.1. The van der Waals surface area contributed by atoms with E-state index < -0.39 is 0 Å². The summed E-state index contributed by atoms with van der Waals surface area (Å²) in [6.45, 7) is 1.64. The Hall–Kier alpha value is -3.33. The Morgan fingerprint density at radius 2 is 2.10 bits per heavy atom. The monoisotopic (exact) mass is 426 g/mol. The minimum atomic E-state index is -0.334. The third-order valence-electron chi connectivity index (χ3n) is 4.83. The lowest BCUT2D eigenvalue weighted by Crippen LogP contribution is -2.43. The van der Waals surface area contributed by atoms with Crippen LogP contribution in [-0.4, -0.2) is 42.0 Å². The normalized spacial score (nSPS) is 12.9. The van der Waals surface area contributed by atoms with Crippen LogP contribution in [-0.2, 0) is 19.4 Å². The van der Waals surface area contributed by atoms with Crippen molar-refractivity contribution in [3.8, 4) is 5.75 Å². The molecule has 1 aromatic carbocycles. The molecule has 3 heterocycles. The van der Waals surface area contributed by atoms with E-state index in [0.717, 1.165) is 28.3 Å². The zero-order chi connectivity index (χ0) is 20.9. The van der Waals surface area contributed by atoms with Crippen LogP contribution in [0.15, 0.2) is 47.1 Å². The fourth-order valence-electron chi connectivity index (χ4n) is 3.21. The number of urea groups is 1. The van der Waals surface area contributed by atoms with Crippen LogP contribution in [0.1, 0.15) is 26.7 Å². The van der Waals surface area contributed by atoms with Crippen LogP contribution in [0.2, 0.25) is 0 Å². The highest BCUT2D eigenvalue weighted by Gasteiger charge is 2.24. The first-order chi connectivity index (χ1) is 14.6. The van der Waals surface area contributed by atoms with Gasteiger partial charge in [0.1, 0.15) is 5.75 Å². The van der Waals surface area contributed by atoms with Gasteiger partial charge in [-0.3, -0.25) is 10.1 Å². The second kappa shape index (κ2) is 9.00. The number of hydrogen-bond donors (Lipinski definition) is 2. The number of methoxy groups -OCH3 is 1. The van der Waals surface area contributed by atoms with Crippen molar-refractivity contribution in [2.75, 3.05) is 25.5 Å². The maximum Gasteiger partial charge on any atom is 0.317 e. The fraction of sp³-hybridized carbons (Fsp3) is 0.286. The Bertz CT molecular complexity index is 1010. The van der Waals surface area contributed by atoms with Crippen LogP contribution in [0, 0.1) is 0 Å². The first-order valence-corrected chi connectivity index (χ1v) is 10.4. The molecule has 8 nitrogen and oxygen atoms in total. The number of carbonyl (C=O) groups is 2. The van der Waals surface area contributed by atoms with E-state index in [9.17, 15) is 9.59 Å². The van der Waals surface area contributed by atoms with Gasteiger partial charge in [-0.25, -0.2) is 9.78 Å². The molecule has 30 heavy (non-hydrogen) atoms. The van der Waals surface area contributed by atoms with E-state index in [2.05, 4.69) is 15.6 Å². The third-order valence-corrected chi connectivity index (χ3v) is 5.83. The van der Waals surface area contributed by atoms with Crippen LogP contribution in [0.5, 0.6) is 5.75 Å². The molecule has 0 saturated carbocycles. The molecule has 0 atom stereocenters. The Morgan fingerprint density at radius 1 is 1.27 bits per heavy atom. The van der Waals surface area contributed by atoms with Gasteiger partial charge in [0.25, 0.3) is 5.91 Å². The molecule has 4 rings (SSSR count). The van der Waals surface area contributed by atoms with Gasteiger partial charge in [0.15, 0.2) is 10.9 Å². The Labute approximate surface area is 177 Å². The summed E-state index contributed by atoms with van der Waals surface area (Å²) in [5, 5.41) is 6.25. The smallest absolute Gasteiger partial charge is 0.317 e. The SMILES string of the molecule is COc1ccc(CCNC(=O)N2CCc3nc(NC(=O)c4ccco4)sc3C2)cc1.